The van der Waals surface area contributed by atoms with Crippen LogP contribution in [0.15, 0.2) is 53.4 Å². The molecule has 4 nitrogen and oxygen atoms in total. The summed E-state index contributed by atoms with van der Waals surface area (Å²) in [7, 11) is -1.90. The third kappa shape index (κ3) is 4.93. The number of rotatable bonds is 8. The molecule has 26 heavy (non-hydrogen) atoms. The van der Waals surface area contributed by atoms with Gasteiger partial charge in [-0.3, -0.25) is 0 Å². The maximum atomic E-state index is 13.0. The summed E-state index contributed by atoms with van der Waals surface area (Å²) in [4.78, 5) is 0.349. The molecule has 2 aromatic carbocycles. The van der Waals surface area contributed by atoms with E-state index in [1.807, 2.05) is 38.1 Å². The molecule has 0 aliphatic rings. The van der Waals surface area contributed by atoms with Crippen LogP contribution in [-0.4, -0.2) is 32.4 Å². The second-order valence-corrected chi connectivity index (χ2v) is 9.30. The molecule has 0 aliphatic carbocycles. The van der Waals surface area contributed by atoms with Crippen molar-refractivity contribution in [1.29, 1.82) is 0 Å². The van der Waals surface area contributed by atoms with Crippen molar-refractivity contribution >= 4 is 10.0 Å². The molecule has 0 saturated carbocycles. The van der Waals surface area contributed by atoms with Crippen molar-refractivity contribution in [2.24, 2.45) is 5.92 Å². The summed E-state index contributed by atoms with van der Waals surface area (Å²) in [6.07, 6.45) is 0. The molecule has 0 spiro atoms. The van der Waals surface area contributed by atoms with Crippen LogP contribution >= 0.6 is 0 Å². The van der Waals surface area contributed by atoms with Crippen LogP contribution in [0.4, 0.5) is 0 Å². The third-order valence-corrected chi connectivity index (χ3v) is 6.51. The first-order valence-corrected chi connectivity index (χ1v) is 10.5. The van der Waals surface area contributed by atoms with Crippen molar-refractivity contribution in [3.63, 3.8) is 0 Å². The van der Waals surface area contributed by atoms with Gasteiger partial charge >= 0.3 is 0 Å². The van der Waals surface area contributed by atoms with Gasteiger partial charge in [0.15, 0.2) is 0 Å². The Morgan fingerprint density at radius 1 is 0.962 bits per heavy atom. The van der Waals surface area contributed by atoms with Gasteiger partial charge in [-0.1, -0.05) is 56.3 Å². The van der Waals surface area contributed by atoms with Gasteiger partial charge in [0.25, 0.3) is 0 Å². The van der Waals surface area contributed by atoms with E-state index < -0.39 is 10.0 Å². The molecule has 0 aromatic heterocycles. The average molecular weight is 375 g/mol. The van der Waals surface area contributed by atoms with Crippen LogP contribution in [0, 0.1) is 5.92 Å². The third-order valence-electron chi connectivity index (χ3n) is 4.42. The first kappa shape index (κ1) is 20.6. The second kappa shape index (κ2) is 8.80. The molecule has 0 aliphatic heterocycles. The quantitative estimate of drug-likeness (QED) is 0.756. The fourth-order valence-electron chi connectivity index (χ4n) is 2.67. The highest BCUT2D eigenvalue weighted by molar-refractivity contribution is 7.89. The minimum atomic E-state index is -3.53. The highest BCUT2D eigenvalue weighted by Gasteiger charge is 2.25. The summed E-state index contributed by atoms with van der Waals surface area (Å²) < 4.78 is 27.3. The molecule has 142 valence electrons. The topological polar surface area (TPSA) is 49.4 Å². The lowest BCUT2D eigenvalue weighted by Crippen LogP contribution is -2.33. The maximum Gasteiger partial charge on any atom is 0.243 e. The molecule has 0 radical (unpaired) electrons. The lowest BCUT2D eigenvalue weighted by Gasteiger charge is -2.22. The van der Waals surface area contributed by atoms with E-state index >= 15 is 0 Å². The molecular formula is C21H30N2O2S. The summed E-state index contributed by atoms with van der Waals surface area (Å²) in [5.74, 6) is 0.615. The van der Waals surface area contributed by atoms with E-state index in [1.165, 1.54) is 9.87 Å². The van der Waals surface area contributed by atoms with Gasteiger partial charge in [-0.15, -0.1) is 0 Å². The van der Waals surface area contributed by atoms with Crippen LogP contribution in [0.5, 0.6) is 0 Å². The Morgan fingerprint density at radius 2 is 1.58 bits per heavy atom. The van der Waals surface area contributed by atoms with Gasteiger partial charge in [0.1, 0.15) is 0 Å². The Morgan fingerprint density at radius 3 is 2.15 bits per heavy atom. The number of benzene rings is 2. The molecule has 2 aromatic rings. The second-order valence-electron chi connectivity index (χ2n) is 7.33. The molecule has 0 unspecified atom stereocenters. The molecule has 0 saturated heterocycles. The van der Waals surface area contributed by atoms with Gasteiger partial charge in [0, 0.05) is 25.2 Å². The van der Waals surface area contributed by atoms with E-state index in [9.17, 15) is 8.42 Å². The van der Waals surface area contributed by atoms with Gasteiger partial charge in [-0.2, -0.15) is 4.31 Å². The smallest absolute Gasteiger partial charge is 0.243 e. The van der Waals surface area contributed by atoms with Gasteiger partial charge < -0.3 is 5.32 Å². The highest BCUT2D eigenvalue weighted by Crippen LogP contribution is 2.29. The Kier molecular flexibility index (Phi) is 6.98. The van der Waals surface area contributed by atoms with Crippen LogP contribution in [0.3, 0.4) is 0 Å². The van der Waals surface area contributed by atoms with Crippen molar-refractivity contribution in [3.8, 4) is 11.1 Å². The largest absolute Gasteiger partial charge is 0.312 e. The van der Waals surface area contributed by atoms with Crippen LogP contribution in [0.25, 0.3) is 11.1 Å². The number of sulfonamides is 1. The Hall–Kier alpha value is -1.69. The molecular weight excluding hydrogens is 344 g/mol. The Balaban J connectivity index is 2.30. The SMILES string of the molecule is CC(C)CNCc1ccc(-c2ccccc2S(=O)(=O)N(C)C(C)C)cc1. The minimum absolute atomic E-state index is 0.0949. The van der Waals surface area contributed by atoms with Crippen molar-refractivity contribution < 1.29 is 8.42 Å². The van der Waals surface area contributed by atoms with Crippen LogP contribution in [0.2, 0.25) is 0 Å². The monoisotopic (exact) mass is 374 g/mol. The summed E-state index contributed by atoms with van der Waals surface area (Å²) in [5.41, 5.74) is 2.84. The highest BCUT2D eigenvalue weighted by atomic mass is 32.2. The summed E-state index contributed by atoms with van der Waals surface area (Å²) in [6, 6.07) is 15.2. The molecule has 5 heteroatoms. The lowest BCUT2D eigenvalue weighted by molar-refractivity contribution is 0.411. The summed E-state index contributed by atoms with van der Waals surface area (Å²) >= 11 is 0. The van der Waals surface area contributed by atoms with Gasteiger partial charge in [0.2, 0.25) is 10.0 Å². The van der Waals surface area contributed by atoms with Crippen LogP contribution < -0.4 is 5.32 Å². The van der Waals surface area contributed by atoms with E-state index in [2.05, 4.69) is 31.3 Å². The van der Waals surface area contributed by atoms with E-state index in [0.29, 0.717) is 10.8 Å². The Bertz CT molecular complexity index is 812. The lowest BCUT2D eigenvalue weighted by atomic mass is 10.0. The predicted octanol–water partition coefficient (Wildman–Crippen LogP) is 4.13. The normalized spacial score (nSPS) is 12.3. The Labute approximate surface area is 158 Å². The number of nitrogens with one attached hydrogen (secondary N) is 1. The first-order chi connectivity index (χ1) is 12.2. The van der Waals surface area contributed by atoms with Crippen molar-refractivity contribution in [2.45, 2.75) is 45.2 Å². The molecule has 2 rings (SSSR count). The number of nitrogens with zero attached hydrogens (tertiary/aromatic N) is 1. The zero-order valence-electron chi connectivity index (χ0n) is 16.4. The van der Waals surface area contributed by atoms with Gasteiger partial charge in [0.05, 0.1) is 4.90 Å². The summed E-state index contributed by atoms with van der Waals surface area (Å²) in [6.45, 7) is 9.90. The van der Waals surface area contributed by atoms with Crippen molar-refractivity contribution in [2.75, 3.05) is 13.6 Å². The van der Waals surface area contributed by atoms with Crippen molar-refractivity contribution in [1.82, 2.24) is 9.62 Å². The molecule has 0 bridgehead atoms. The molecule has 0 heterocycles. The van der Waals surface area contributed by atoms with Crippen LogP contribution in [0.1, 0.15) is 33.3 Å². The van der Waals surface area contributed by atoms with Gasteiger partial charge in [-0.05, 0) is 43.5 Å². The van der Waals surface area contributed by atoms with E-state index in [-0.39, 0.29) is 6.04 Å². The fourth-order valence-corrected chi connectivity index (χ4v) is 4.25. The van der Waals surface area contributed by atoms with Crippen LogP contribution in [-0.2, 0) is 16.6 Å². The molecule has 0 fully saturated rings. The molecule has 0 atom stereocenters. The zero-order chi connectivity index (χ0) is 19.3. The predicted molar refractivity (Wildman–Crippen MR) is 109 cm³/mol. The fraction of sp³-hybridized carbons (Fsp3) is 0.429. The standard InChI is InChI=1S/C21H30N2O2S/c1-16(2)14-22-15-18-10-12-19(13-11-18)20-8-6-7-9-21(20)26(24,25)23(5)17(3)4/h6-13,16-17,22H,14-15H2,1-5H3. The van der Waals surface area contributed by atoms with E-state index in [0.717, 1.165) is 24.2 Å². The zero-order valence-corrected chi connectivity index (χ0v) is 17.2. The molecule has 0 amide bonds. The van der Waals surface area contributed by atoms with E-state index in [4.69, 9.17) is 0 Å². The minimum Gasteiger partial charge on any atom is -0.312 e. The number of hydrogen-bond acceptors (Lipinski definition) is 3. The average Bonchev–Trinajstić information content (AvgIpc) is 2.61. The van der Waals surface area contributed by atoms with E-state index in [1.54, 1.807) is 19.2 Å². The summed E-state index contributed by atoms with van der Waals surface area (Å²) in [5, 5.41) is 3.42. The maximum absolute atomic E-state index is 13.0. The van der Waals surface area contributed by atoms with Crippen molar-refractivity contribution in [3.05, 3.63) is 54.1 Å². The molecule has 1 N–H and O–H groups in total. The van der Waals surface area contributed by atoms with Gasteiger partial charge in [-0.25, -0.2) is 8.42 Å². The first-order valence-electron chi connectivity index (χ1n) is 9.10. The number of hydrogen-bond donors (Lipinski definition) is 1.